The molecular weight excluding hydrogens is 498 g/mol. The summed E-state index contributed by atoms with van der Waals surface area (Å²) in [6.45, 7) is 1.64. The van der Waals surface area contributed by atoms with Crippen molar-refractivity contribution in [2.75, 3.05) is 47.6 Å². The van der Waals surface area contributed by atoms with Crippen LogP contribution < -0.4 is 4.74 Å². The molecule has 39 heavy (non-hydrogen) atoms. The Hall–Kier alpha value is -3.85. The summed E-state index contributed by atoms with van der Waals surface area (Å²) in [4.78, 5) is 44.9. The van der Waals surface area contributed by atoms with Gasteiger partial charge in [-0.1, -0.05) is 36.4 Å². The van der Waals surface area contributed by atoms with Crippen molar-refractivity contribution in [1.29, 1.82) is 0 Å². The number of benzene rings is 2. The van der Waals surface area contributed by atoms with Crippen molar-refractivity contribution in [3.8, 4) is 5.75 Å². The second-order valence-corrected chi connectivity index (χ2v) is 9.33. The van der Waals surface area contributed by atoms with Crippen LogP contribution in [0.5, 0.6) is 5.75 Å². The normalized spacial score (nSPS) is 10.8. The molecule has 2 amide bonds. The van der Waals surface area contributed by atoms with Crippen molar-refractivity contribution in [2.45, 2.75) is 38.6 Å². The molecule has 0 fully saturated rings. The van der Waals surface area contributed by atoms with E-state index < -0.39 is 0 Å². The van der Waals surface area contributed by atoms with Crippen LogP contribution in [0.4, 0.5) is 0 Å². The summed E-state index contributed by atoms with van der Waals surface area (Å²) in [6, 6.07) is 15.7. The van der Waals surface area contributed by atoms with E-state index in [9.17, 15) is 14.4 Å². The number of hydrogen-bond donors (Lipinski definition) is 1. The van der Waals surface area contributed by atoms with Gasteiger partial charge in [0, 0.05) is 68.9 Å². The Morgan fingerprint density at radius 3 is 2.36 bits per heavy atom. The van der Waals surface area contributed by atoms with E-state index in [0.717, 1.165) is 22.0 Å². The Balaban J connectivity index is 1.76. The molecule has 0 spiro atoms. The molecule has 1 N–H and O–H groups in total. The second-order valence-electron chi connectivity index (χ2n) is 9.33. The van der Waals surface area contributed by atoms with Gasteiger partial charge < -0.3 is 29.0 Å². The molecule has 9 nitrogen and oxygen atoms in total. The molecule has 0 unspecified atom stereocenters. The quantitative estimate of drug-likeness (QED) is 0.219. The van der Waals surface area contributed by atoms with Crippen LogP contribution in [-0.2, 0) is 36.8 Å². The molecule has 0 aliphatic heterocycles. The van der Waals surface area contributed by atoms with E-state index in [1.165, 1.54) is 7.11 Å². The molecule has 3 rings (SSSR count). The molecule has 0 saturated carbocycles. The summed E-state index contributed by atoms with van der Waals surface area (Å²) in [6.07, 6.45) is 3.93. The number of nitrogens with one attached hydrogen (secondary N) is 1. The van der Waals surface area contributed by atoms with Crippen molar-refractivity contribution in [2.24, 2.45) is 0 Å². The number of fused-ring (bicyclic) bond motifs is 1. The zero-order chi connectivity index (χ0) is 28.0. The molecule has 0 radical (unpaired) electrons. The van der Waals surface area contributed by atoms with Crippen LogP contribution in [-0.4, -0.2) is 80.1 Å². The minimum absolute atomic E-state index is 0.0518. The maximum absolute atomic E-state index is 13.7. The SMILES string of the molecule is COCCCN(CC(=O)N(CCc1c[nH]c2ccccc12)Cc1ccccc1OC)C(=O)CCCC(=O)OC. The number of esters is 1. The molecule has 0 aliphatic rings. The number of amides is 2. The van der Waals surface area contributed by atoms with Crippen molar-refractivity contribution in [3.63, 3.8) is 0 Å². The third kappa shape index (κ3) is 8.85. The van der Waals surface area contributed by atoms with Gasteiger partial charge in [-0.2, -0.15) is 0 Å². The maximum Gasteiger partial charge on any atom is 0.305 e. The first kappa shape index (κ1) is 29.7. The largest absolute Gasteiger partial charge is 0.496 e. The second kappa shape index (κ2) is 15.5. The van der Waals surface area contributed by atoms with E-state index in [1.54, 1.807) is 24.0 Å². The number of ether oxygens (including phenoxy) is 3. The Bertz CT molecular complexity index is 1220. The van der Waals surface area contributed by atoms with Gasteiger partial charge in [0.15, 0.2) is 0 Å². The summed E-state index contributed by atoms with van der Waals surface area (Å²) < 4.78 is 15.4. The predicted molar refractivity (Wildman–Crippen MR) is 149 cm³/mol. The van der Waals surface area contributed by atoms with Crippen LogP contribution in [0.25, 0.3) is 10.9 Å². The molecule has 9 heteroatoms. The fourth-order valence-electron chi connectivity index (χ4n) is 4.52. The van der Waals surface area contributed by atoms with Gasteiger partial charge in [0.25, 0.3) is 0 Å². The molecule has 0 aliphatic carbocycles. The van der Waals surface area contributed by atoms with E-state index in [4.69, 9.17) is 9.47 Å². The number of H-pyrrole nitrogens is 1. The van der Waals surface area contributed by atoms with Crippen LogP contribution in [0, 0.1) is 0 Å². The zero-order valence-electron chi connectivity index (χ0n) is 23.1. The van der Waals surface area contributed by atoms with Gasteiger partial charge in [-0.25, -0.2) is 0 Å². The van der Waals surface area contributed by atoms with Crippen molar-refractivity contribution < 1.29 is 28.6 Å². The van der Waals surface area contributed by atoms with Crippen LogP contribution in [0.15, 0.2) is 54.7 Å². The Morgan fingerprint density at radius 2 is 1.59 bits per heavy atom. The lowest BCUT2D eigenvalue weighted by atomic mass is 10.1. The van der Waals surface area contributed by atoms with Gasteiger partial charge in [0.05, 0.1) is 20.8 Å². The Morgan fingerprint density at radius 1 is 0.821 bits per heavy atom. The number of para-hydroxylation sites is 2. The van der Waals surface area contributed by atoms with Gasteiger partial charge in [0.2, 0.25) is 11.8 Å². The van der Waals surface area contributed by atoms with E-state index in [2.05, 4.69) is 15.8 Å². The summed E-state index contributed by atoms with van der Waals surface area (Å²) in [5.74, 6) is 0.0278. The predicted octanol–water partition coefficient (Wildman–Crippen LogP) is 3.96. The molecule has 1 heterocycles. The molecule has 0 atom stereocenters. The molecular formula is C30H39N3O6. The van der Waals surface area contributed by atoms with Gasteiger partial charge >= 0.3 is 5.97 Å². The highest BCUT2D eigenvalue weighted by Crippen LogP contribution is 2.22. The first-order chi connectivity index (χ1) is 19.0. The molecule has 2 aromatic carbocycles. The van der Waals surface area contributed by atoms with E-state index in [1.807, 2.05) is 48.7 Å². The summed E-state index contributed by atoms with van der Waals surface area (Å²) in [5, 5.41) is 1.13. The van der Waals surface area contributed by atoms with Crippen molar-refractivity contribution >= 4 is 28.7 Å². The summed E-state index contributed by atoms with van der Waals surface area (Å²) >= 11 is 0. The zero-order valence-corrected chi connectivity index (χ0v) is 23.1. The Labute approximate surface area is 230 Å². The lowest BCUT2D eigenvalue weighted by Crippen LogP contribution is -2.44. The van der Waals surface area contributed by atoms with Crippen molar-refractivity contribution in [3.05, 3.63) is 65.9 Å². The monoisotopic (exact) mass is 537 g/mol. The summed E-state index contributed by atoms with van der Waals surface area (Å²) in [7, 11) is 4.54. The van der Waals surface area contributed by atoms with E-state index >= 15 is 0 Å². The van der Waals surface area contributed by atoms with E-state index in [-0.39, 0.29) is 37.2 Å². The Kier molecular flexibility index (Phi) is 11.8. The lowest BCUT2D eigenvalue weighted by molar-refractivity contribution is -0.142. The number of rotatable bonds is 16. The standard InChI is InChI=1S/C30H39N3O6/c1-37-19-9-17-32(28(34)14-8-15-30(36)39-3)22-29(35)33(21-24-10-4-7-13-27(24)38-2)18-16-23-20-31-26-12-6-5-11-25(23)26/h4-7,10-13,20,31H,8-9,14-19,21-22H2,1-3H3. The fraction of sp³-hybridized carbons (Fsp3) is 0.433. The molecule has 0 bridgehead atoms. The fourth-order valence-corrected chi connectivity index (χ4v) is 4.52. The van der Waals surface area contributed by atoms with Gasteiger partial charge in [-0.05, 0) is 37.0 Å². The molecule has 1 aromatic heterocycles. The highest BCUT2D eigenvalue weighted by Gasteiger charge is 2.23. The first-order valence-corrected chi connectivity index (χ1v) is 13.2. The van der Waals surface area contributed by atoms with E-state index in [0.29, 0.717) is 51.3 Å². The number of carbonyl (C=O) groups is 3. The number of nitrogens with zero attached hydrogens (tertiary/aromatic N) is 2. The molecule has 0 saturated heterocycles. The number of aromatic nitrogens is 1. The number of hydrogen-bond acceptors (Lipinski definition) is 6. The van der Waals surface area contributed by atoms with Crippen molar-refractivity contribution in [1.82, 2.24) is 14.8 Å². The first-order valence-electron chi connectivity index (χ1n) is 13.2. The van der Waals surface area contributed by atoms with Gasteiger partial charge in [-0.3, -0.25) is 14.4 Å². The molecule has 210 valence electrons. The highest BCUT2D eigenvalue weighted by molar-refractivity contribution is 5.85. The summed E-state index contributed by atoms with van der Waals surface area (Å²) in [5.41, 5.74) is 3.07. The number of aromatic amines is 1. The third-order valence-electron chi connectivity index (χ3n) is 6.69. The minimum Gasteiger partial charge on any atom is -0.496 e. The van der Waals surface area contributed by atoms with Crippen LogP contribution in [0.1, 0.15) is 36.8 Å². The number of methoxy groups -OCH3 is 3. The number of carbonyl (C=O) groups excluding carboxylic acids is 3. The third-order valence-corrected chi connectivity index (χ3v) is 6.69. The lowest BCUT2D eigenvalue weighted by Gasteiger charge is -2.28. The smallest absolute Gasteiger partial charge is 0.305 e. The minimum atomic E-state index is -0.356. The van der Waals surface area contributed by atoms with Gasteiger partial charge in [0.1, 0.15) is 5.75 Å². The van der Waals surface area contributed by atoms with Gasteiger partial charge in [-0.15, -0.1) is 0 Å². The van der Waals surface area contributed by atoms with Crippen LogP contribution in [0.2, 0.25) is 0 Å². The topological polar surface area (TPSA) is 101 Å². The average molecular weight is 538 g/mol. The highest BCUT2D eigenvalue weighted by atomic mass is 16.5. The maximum atomic E-state index is 13.7. The van der Waals surface area contributed by atoms with Crippen LogP contribution >= 0.6 is 0 Å². The van der Waals surface area contributed by atoms with Crippen LogP contribution in [0.3, 0.4) is 0 Å². The average Bonchev–Trinajstić information content (AvgIpc) is 3.37. The molecule has 3 aromatic rings.